The molecule has 0 aliphatic carbocycles. The summed E-state index contributed by atoms with van der Waals surface area (Å²) in [7, 11) is 0. The monoisotopic (exact) mass is 256 g/mol. The molecule has 3 heteroatoms. The first-order chi connectivity index (χ1) is 8.13. The molecule has 0 bridgehead atoms. The van der Waals surface area contributed by atoms with Crippen LogP contribution in [0.4, 0.5) is 0 Å². The molecular weight excluding hydrogens is 228 g/mol. The lowest BCUT2D eigenvalue weighted by atomic mass is 9.82. The van der Waals surface area contributed by atoms with E-state index in [0.717, 1.165) is 10.5 Å². The van der Waals surface area contributed by atoms with Crippen LogP contribution in [0.2, 0.25) is 0 Å². The SMILES string of the molecule is CCCC1(CN2CC(C)SC(C)C2)CCNC1. The highest BCUT2D eigenvalue weighted by molar-refractivity contribution is 8.00. The van der Waals surface area contributed by atoms with Crippen molar-refractivity contribution in [1.29, 1.82) is 0 Å². The lowest BCUT2D eigenvalue weighted by Crippen LogP contribution is -2.47. The maximum absolute atomic E-state index is 3.58. The van der Waals surface area contributed by atoms with Crippen LogP contribution in [-0.2, 0) is 0 Å². The minimum atomic E-state index is 0.580. The fourth-order valence-corrected chi connectivity index (χ4v) is 5.03. The van der Waals surface area contributed by atoms with Gasteiger partial charge >= 0.3 is 0 Å². The predicted octanol–water partition coefficient (Wildman–Crippen LogP) is 2.59. The van der Waals surface area contributed by atoms with Crippen LogP contribution in [0.15, 0.2) is 0 Å². The standard InChI is InChI=1S/C14H28N2S/c1-4-5-14(6-7-15-10-14)11-16-8-12(2)17-13(3)9-16/h12-13,15H,4-11H2,1-3H3. The molecule has 3 atom stereocenters. The van der Waals surface area contributed by atoms with Gasteiger partial charge in [-0.15, -0.1) is 0 Å². The summed E-state index contributed by atoms with van der Waals surface area (Å²) in [5.74, 6) is 0. The van der Waals surface area contributed by atoms with Crippen LogP contribution >= 0.6 is 11.8 Å². The highest BCUT2D eigenvalue weighted by Crippen LogP contribution is 2.34. The van der Waals surface area contributed by atoms with Crippen molar-refractivity contribution < 1.29 is 0 Å². The van der Waals surface area contributed by atoms with E-state index in [-0.39, 0.29) is 0 Å². The second kappa shape index (κ2) is 5.94. The van der Waals surface area contributed by atoms with Crippen LogP contribution in [-0.4, -0.2) is 48.1 Å². The Bertz CT molecular complexity index is 228. The van der Waals surface area contributed by atoms with E-state index >= 15 is 0 Å². The summed E-state index contributed by atoms with van der Waals surface area (Å²) >= 11 is 2.16. The van der Waals surface area contributed by atoms with Gasteiger partial charge < -0.3 is 10.2 Å². The third-order valence-electron chi connectivity index (χ3n) is 4.17. The largest absolute Gasteiger partial charge is 0.316 e. The lowest BCUT2D eigenvalue weighted by Gasteiger charge is -2.40. The van der Waals surface area contributed by atoms with Crippen LogP contribution in [0, 0.1) is 5.41 Å². The molecule has 0 spiro atoms. The molecule has 0 aromatic heterocycles. The minimum absolute atomic E-state index is 0.580. The Hall–Kier alpha value is 0.270. The summed E-state index contributed by atoms with van der Waals surface area (Å²) < 4.78 is 0. The van der Waals surface area contributed by atoms with Crippen molar-refractivity contribution in [2.45, 2.75) is 50.5 Å². The molecule has 2 rings (SSSR count). The molecule has 2 fully saturated rings. The molecule has 100 valence electrons. The Labute approximate surface area is 111 Å². The van der Waals surface area contributed by atoms with Gasteiger partial charge in [-0.3, -0.25) is 0 Å². The van der Waals surface area contributed by atoms with E-state index in [1.807, 2.05) is 0 Å². The van der Waals surface area contributed by atoms with E-state index in [9.17, 15) is 0 Å². The van der Waals surface area contributed by atoms with Crippen molar-refractivity contribution in [2.24, 2.45) is 5.41 Å². The quantitative estimate of drug-likeness (QED) is 0.832. The van der Waals surface area contributed by atoms with E-state index in [1.165, 1.54) is 52.0 Å². The zero-order chi connectivity index (χ0) is 12.3. The summed E-state index contributed by atoms with van der Waals surface area (Å²) in [5, 5.41) is 5.20. The molecule has 2 heterocycles. The average molecular weight is 256 g/mol. The first-order valence-corrected chi connectivity index (χ1v) is 8.16. The van der Waals surface area contributed by atoms with Crippen LogP contribution in [0.25, 0.3) is 0 Å². The van der Waals surface area contributed by atoms with Gasteiger partial charge in [0, 0.05) is 36.7 Å². The maximum atomic E-state index is 3.58. The van der Waals surface area contributed by atoms with Gasteiger partial charge in [0.05, 0.1) is 0 Å². The topological polar surface area (TPSA) is 15.3 Å². The van der Waals surface area contributed by atoms with Crippen molar-refractivity contribution in [3.8, 4) is 0 Å². The third kappa shape index (κ3) is 3.62. The molecule has 0 amide bonds. The fraction of sp³-hybridized carbons (Fsp3) is 1.00. The Balaban J connectivity index is 1.93. The van der Waals surface area contributed by atoms with E-state index < -0.39 is 0 Å². The molecule has 0 aromatic carbocycles. The minimum Gasteiger partial charge on any atom is -0.316 e. The van der Waals surface area contributed by atoms with Crippen LogP contribution in [0.5, 0.6) is 0 Å². The van der Waals surface area contributed by atoms with Gasteiger partial charge in [-0.2, -0.15) is 11.8 Å². The molecule has 17 heavy (non-hydrogen) atoms. The molecule has 3 unspecified atom stereocenters. The number of hydrogen-bond acceptors (Lipinski definition) is 3. The Morgan fingerprint density at radius 1 is 1.29 bits per heavy atom. The van der Waals surface area contributed by atoms with Crippen molar-refractivity contribution in [1.82, 2.24) is 10.2 Å². The van der Waals surface area contributed by atoms with Gasteiger partial charge in [0.1, 0.15) is 0 Å². The maximum Gasteiger partial charge on any atom is 0.0149 e. The fourth-order valence-electron chi connectivity index (χ4n) is 3.64. The molecule has 0 radical (unpaired) electrons. The van der Waals surface area contributed by atoms with Gasteiger partial charge in [0.2, 0.25) is 0 Å². The zero-order valence-electron chi connectivity index (χ0n) is 11.7. The number of nitrogens with one attached hydrogen (secondary N) is 1. The van der Waals surface area contributed by atoms with Gasteiger partial charge in [0.25, 0.3) is 0 Å². The zero-order valence-corrected chi connectivity index (χ0v) is 12.5. The molecule has 2 aliphatic heterocycles. The first-order valence-electron chi connectivity index (χ1n) is 7.22. The van der Waals surface area contributed by atoms with E-state index in [1.54, 1.807) is 0 Å². The van der Waals surface area contributed by atoms with Crippen molar-refractivity contribution in [2.75, 3.05) is 32.7 Å². The summed E-state index contributed by atoms with van der Waals surface area (Å²) in [6.45, 7) is 13.5. The molecule has 2 saturated heterocycles. The molecule has 2 aliphatic rings. The van der Waals surface area contributed by atoms with Gasteiger partial charge in [-0.05, 0) is 24.8 Å². The third-order valence-corrected chi connectivity index (χ3v) is 5.39. The number of thioether (sulfide) groups is 1. The summed E-state index contributed by atoms with van der Waals surface area (Å²) in [6, 6.07) is 0. The highest BCUT2D eigenvalue weighted by Gasteiger charge is 2.36. The Morgan fingerprint density at radius 3 is 2.53 bits per heavy atom. The predicted molar refractivity (Wildman–Crippen MR) is 77.8 cm³/mol. The molecule has 0 saturated carbocycles. The smallest absolute Gasteiger partial charge is 0.0149 e. The van der Waals surface area contributed by atoms with Crippen molar-refractivity contribution in [3.05, 3.63) is 0 Å². The Morgan fingerprint density at radius 2 is 2.00 bits per heavy atom. The highest BCUT2D eigenvalue weighted by atomic mass is 32.2. The van der Waals surface area contributed by atoms with E-state index in [4.69, 9.17) is 0 Å². The lowest BCUT2D eigenvalue weighted by molar-refractivity contribution is 0.151. The number of nitrogens with zero attached hydrogens (tertiary/aromatic N) is 1. The van der Waals surface area contributed by atoms with Crippen LogP contribution in [0.3, 0.4) is 0 Å². The first kappa shape index (κ1) is 13.7. The Kier molecular flexibility index (Phi) is 4.79. The second-order valence-corrected chi connectivity index (χ2v) is 8.01. The van der Waals surface area contributed by atoms with Crippen molar-refractivity contribution >= 4 is 11.8 Å². The van der Waals surface area contributed by atoms with E-state index in [2.05, 4.69) is 42.7 Å². The second-order valence-electron chi connectivity index (χ2n) is 6.13. The summed E-state index contributed by atoms with van der Waals surface area (Å²) in [5.41, 5.74) is 0.580. The van der Waals surface area contributed by atoms with Gasteiger partial charge in [-0.1, -0.05) is 27.2 Å². The normalized spacial score (nSPS) is 39.7. The van der Waals surface area contributed by atoms with Crippen molar-refractivity contribution in [3.63, 3.8) is 0 Å². The molecule has 0 aromatic rings. The summed E-state index contributed by atoms with van der Waals surface area (Å²) in [4.78, 5) is 2.73. The molecule has 1 N–H and O–H groups in total. The van der Waals surface area contributed by atoms with Gasteiger partial charge in [0.15, 0.2) is 0 Å². The molecule has 2 nitrogen and oxygen atoms in total. The number of hydrogen-bond donors (Lipinski definition) is 1. The van der Waals surface area contributed by atoms with E-state index in [0.29, 0.717) is 5.41 Å². The summed E-state index contributed by atoms with van der Waals surface area (Å²) in [6.07, 6.45) is 4.11. The van der Waals surface area contributed by atoms with Crippen LogP contribution in [0.1, 0.15) is 40.0 Å². The molecular formula is C14H28N2S. The number of rotatable bonds is 4. The average Bonchev–Trinajstić information content (AvgIpc) is 2.65. The van der Waals surface area contributed by atoms with Crippen LogP contribution < -0.4 is 5.32 Å². The van der Waals surface area contributed by atoms with Gasteiger partial charge in [-0.25, -0.2) is 0 Å².